The minimum absolute atomic E-state index is 0.0474. The number of rotatable bonds is 5. The number of hydrogen-bond donors (Lipinski definition) is 2. The van der Waals surface area contributed by atoms with Crippen molar-refractivity contribution in [3.05, 3.63) is 36.2 Å². The second kappa shape index (κ2) is 8.08. The fraction of sp³-hybridized carbons (Fsp3) is 0.478. The van der Waals surface area contributed by atoms with Crippen LogP contribution in [-0.2, 0) is 6.54 Å². The van der Waals surface area contributed by atoms with E-state index >= 15 is 0 Å². The van der Waals surface area contributed by atoms with Gasteiger partial charge in [-0.15, -0.1) is 5.10 Å². The molecule has 0 aliphatic carbocycles. The van der Waals surface area contributed by atoms with E-state index in [0.717, 1.165) is 18.7 Å². The lowest BCUT2D eigenvalue weighted by Crippen LogP contribution is -2.39. The number of nitrogen functional groups attached to an aromatic ring is 1. The highest BCUT2D eigenvalue weighted by Gasteiger charge is 2.30. The molecule has 34 heavy (non-hydrogen) atoms. The van der Waals surface area contributed by atoms with E-state index in [4.69, 9.17) is 15.5 Å². The van der Waals surface area contributed by atoms with Gasteiger partial charge in [0.1, 0.15) is 17.1 Å². The van der Waals surface area contributed by atoms with Crippen molar-refractivity contribution >= 4 is 28.2 Å². The lowest BCUT2D eigenvalue weighted by Gasteiger charge is -2.36. The summed E-state index contributed by atoms with van der Waals surface area (Å²) in [5.74, 6) is 1.11. The van der Waals surface area contributed by atoms with Gasteiger partial charge in [0.2, 0.25) is 5.95 Å². The van der Waals surface area contributed by atoms with Crippen molar-refractivity contribution in [1.29, 1.82) is 0 Å². The molecule has 2 unspecified atom stereocenters. The SMILES string of the molecule is COc1cc(F)cc2c1nc(N)n1nc(C3CC(C)CN(c4cnn(CC(C)(C)O)c4)C3)nc21. The van der Waals surface area contributed by atoms with Gasteiger partial charge >= 0.3 is 0 Å². The van der Waals surface area contributed by atoms with Crippen molar-refractivity contribution in [3.63, 3.8) is 0 Å². The summed E-state index contributed by atoms with van der Waals surface area (Å²) in [5.41, 5.74) is 7.23. The molecule has 0 radical (unpaired) electrons. The molecule has 1 aliphatic rings. The summed E-state index contributed by atoms with van der Waals surface area (Å²) < 4.78 is 22.8. The van der Waals surface area contributed by atoms with Crippen molar-refractivity contribution in [2.45, 2.75) is 45.3 Å². The maximum absolute atomic E-state index is 14.2. The monoisotopic (exact) mass is 468 g/mol. The second-order valence-corrected chi connectivity index (χ2v) is 9.83. The Morgan fingerprint density at radius 1 is 1.26 bits per heavy atom. The number of halogens is 1. The van der Waals surface area contributed by atoms with Crippen LogP contribution in [0.15, 0.2) is 24.5 Å². The molecule has 3 N–H and O–H groups in total. The Hall–Kier alpha value is -3.47. The van der Waals surface area contributed by atoms with Gasteiger partial charge in [-0.1, -0.05) is 6.92 Å². The number of nitrogens with two attached hydrogens (primary N) is 1. The fourth-order valence-electron chi connectivity index (χ4n) is 4.76. The van der Waals surface area contributed by atoms with E-state index in [-0.39, 0.29) is 11.9 Å². The maximum atomic E-state index is 14.2. The smallest absolute Gasteiger partial charge is 0.223 e. The standard InChI is InChI=1S/C23H29FN8O2/c1-13-5-14(10-30(9-13)16-8-26-31(11-16)12-23(2,3)33)20-28-21-17-6-15(24)7-18(34-4)19(17)27-22(25)32(21)29-20/h6-8,11,13-14,33H,5,9-10,12H2,1-4H3,(H2,25,27). The third-order valence-electron chi connectivity index (χ3n) is 6.13. The molecule has 180 valence electrons. The number of benzene rings is 1. The number of fused-ring (bicyclic) bond motifs is 3. The topological polar surface area (TPSA) is 120 Å². The predicted molar refractivity (Wildman–Crippen MR) is 126 cm³/mol. The zero-order chi connectivity index (χ0) is 24.2. The predicted octanol–water partition coefficient (Wildman–Crippen LogP) is 2.60. The molecular formula is C23H29FN8O2. The molecule has 0 saturated carbocycles. The van der Waals surface area contributed by atoms with E-state index in [0.29, 0.717) is 47.1 Å². The van der Waals surface area contributed by atoms with Crippen LogP contribution in [0.1, 0.15) is 38.9 Å². The van der Waals surface area contributed by atoms with E-state index < -0.39 is 11.4 Å². The van der Waals surface area contributed by atoms with Gasteiger partial charge in [0.15, 0.2) is 11.5 Å². The van der Waals surface area contributed by atoms with Gasteiger partial charge in [-0.2, -0.15) is 9.61 Å². The normalized spacial score (nSPS) is 19.3. The Bertz CT molecular complexity index is 1360. The molecule has 11 heteroatoms. The second-order valence-electron chi connectivity index (χ2n) is 9.83. The third kappa shape index (κ3) is 4.11. The van der Waals surface area contributed by atoms with Gasteiger partial charge in [-0.3, -0.25) is 4.68 Å². The Balaban J connectivity index is 1.50. The van der Waals surface area contributed by atoms with Gasteiger partial charge in [-0.05, 0) is 32.3 Å². The summed E-state index contributed by atoms with van der Waals surface area (Å²) in [5, 5.41) is 19.7. The van der Waals surface area contributed by atoms with Crippen LogP contribution < -0.4 is 15.4 Å². The zero-order valence-corrected chi connectivity index (χ0v) is 19.7. The van der Waals surface area contributed by atoms with E-state index in [2.05, 4.69) is 27.0 Å². The van der Waals surface area contributed by atoms with Crippen LogP contribution >= 0.6 is 0 Å². The molecule has 1 fully saturated rings. The lowest BCUT2D eigenvalue weighted by atomic mass is 9.90. The number of nitrogens with zero attached hydrogens (tertiary/aromatic N) is 7. The minimum atomic E-state index is -0.847. The average molecular weight is 469 g/mol. The molecule has 0 bridgehead atoms. The van der Waals surface area contributed by atoms with Gasteiger partial charge in [0.05, 0.1) is 36.5 Å². The highest BCUT2D eigenvalue weighted by atomic mass is 19.1. The molecule has 2 atom stereocenters. The molecule has 4 aromatic rings. The van der Waals surface area contributed by atoms with Gasteiger partial charge in [-0.25, -0.2) is 14.4 Å². The maximum Gasteiger partial charge on any atom is 0.223 e. The first-order valence-corrected chi connectivity index (χ1v) is 11.3. The number of piperidine rings is 1. The highest BCUT2D eigenvalue weighted by Crippen LogP contribution is 2.34. The molecule has 1 saturated heterocycles. The Morgan fingerprint density at radius 3 is 2.79 bits per heavy atom. The van der Waals surface area contributed by atoms with Crippen LogP contribution in [0.3, 0.4) is 0 Å². The zero-order valence-electron chi connectivity index (χ0n) is 19.7. The molecule has 5 rings (SSSR count). The van der Waals surface area contributed by atoms with Crippen LogP contribution in [-0.4, -0.2) is 60.3 Å². The largest absolute Gasteiger partial charge is 0.494 e. The van der Waals surface area contributed by atoms with Crippen LogP contribution in [0.25, 0.3) is 16.6 Å². The van der Waals surface area contributed by atoms with Crippen molar-refractivity contribution in [2.75, 3.05) is 30.8 Å². The quantitative estimate of drug-likeness (QED) is 0.459. The van der Waals surface area contributed by atoms with Gasteiger partial charge in [0.25, 0.3) is 0 Å². The summed E-state index contributed by atoms with van der Waals surface area (Å²) in [6, 6.07) is 2.66. The Morgan fingerprint density at radius 2 is 2.06 bits per heavy atom. The van der Waals surface area contributed by atoms with Crippen LogP contribution in [0.5, 0.6) is 5.75 Å². The van der Waals surface area contributed by atoms with Crippen LogP contribution in [0.4, 0.5) is 16.0 Å². The molecular weight excluding hydrogens is 439 g/mol. The van der Waals surface area contributed by atoms with E-state index in [9.17, 15) is 9.50 Å². The van der Waals surface area contributed by atoms with Crippen molar-refractivity contribution in [3.8, 4) is 5.75 Å². The molecule has 4 heterocycles. The number of hydrogen-bond acceptors (Lipinski definition) is 8. The Labute approximate surface area is 196 Å². The summed E-state index contributed by atoms with van der Waals surface area (Å²) in [6.45, 7) is 7.71. The molecule has 1 aliphatic heterocycles. The fourth-order valence-corrected chi connectivity index (χ4v) is 4.76. The van der Waals surface area contributed by atoms with Gasteiger partial charge < -0.3 is 20.5 Å². The Kier molecular flexibility index (Phi) is 5.31. The van der Waals surface area contributed by atoms with Crippen LogP contribution in [0.2, 0.25) is 0 Å². The summed E-state index contributed by atoms with van der Waals surface area (Å²) in [7, 11) is 1.47. The number of anilines is 2. The van der Waals surface area contributed by atoms with Gasteiger partial charge in [0, 0.05) is 31.3 Å². The van der Waals surface area contributed by atoms with Crippen molar-refractivity contribution in [1.82, 2.24) is 29.4 Å². The number of aliphatic hydroxyl groups is 1. The molecule has 3 aromatic heterocycles. The number of ether oxygens (including phenoxy) is 1. The first-order chi connectivity index (χ1) is 16.1. The molecule has 0 amide bonds. The molecule has 10 nitrogen and oxygen atoms in total. The summed E-state index contributed by atoms with van der Waals surface area (Å²) in [4.78, 5) is 11.4. The highest BCUT2D eigenvalue weighted by molar-refractivity contribution is 5.95. The number of methoxy groups -OCH3 is 1. The van der Waals surface area contributed by atoms with E-state index in [1.54, 1.807) is 18.5 Å². The van der Waals surface area contributed by atoms with Crippen molar-refractivity contribution < 1.29 is 14.2 Å². The summed E-state index contributed by atoms with van der Waals surface area (Å²) >= 11 is 0. The average Bonchev–Trinajstić information content (AvgIpc) is 3.40. The lowest BCUT2D eigenvalue weighted by molar-refractivity contribution is 0.0577. The third-order valence-corrected chi connectivity index (χ3v) is 6.13. The first-order valence-electron chi connectivity index (χ1n) is 11.3. The summed E-state index contributed by atoms with van der Waals surface area (Å²) in [6.07, 6.45) is 4.69. The minimum Gasteiger partial charge on any atom is -0.494 e. The number of aromatic nitrogens is 6. The van der Waals surface area contributed by atoms with Crippen molar-refractivity contribution in [2.24, 2.45) is 5.92 Å². The first kappa shape index (κ1) is 22.3. The molecule has 1 aromatic carbocycles. The molecule has 0 spiro atoms. The van der Waals surface area contributed by atoms with Crippen LogP contribution in [0, 0.1) is 11.7 Å². The van der Waals surface area contributed by atoms with E-state index in [1.165, 1.54) is 23.8 Å². The van der Waals surface area contributed by atoms with E-state index in [1.807, 2.05) is 12.4 Å².